The number of carbonyl (C=O) groups excluding carboxylic acids is 1. The van der Waals surface area contributed by atoms with Crippen LogP contribution in [0.5, 0.6) is 0 Å². The summed E-state index contributed by atoms with van der Waals surface area (Å²) in [6, 6.07) is 8.65. The van der Waals surface area contributed by atoms with E-state index < -0.39 is 28.3 Å². The molecule has 2 aliphatic heterocycles. The highest BCUT2D eigenvalue weighted by Crippen LogP contribution is 2.32. The third-order valence-corrected chi connectivity index (χ3v) is 10.3. The fourth-order valence-electron chi connectivity index (χ4n) is 5.41. The van der Waals surface area contributed by atoms with Crippen molar-refractivity contribution in [3.8, 4) is 0 Å². The van der Waals surface area contributed by atoms with E-state index in [-0.39, 0.29) is 36.9 Å². The number of rotatable bonds is 13. The number of nitrogens with zero attached hydrogens (tertiary/aromatic N) is 4. The molecule has 0 saturated carbocycles. The standard InChI is InChI=1S/C31H39N5O5S2/c1-22(2)18-36(43(39,40)26-11-10-24-15-30(33-27(24)16-26)35-12-6-7-13-35)19-29(37)28(14-23-8-4-3-5-9-23)34-31(38)41-20-25-17-32-21-42-25/h3-5,8-11,15,17,21-22,28-29,37H,6-7,12-14,16,18-20H2,1-2H3,(H,34,38). The number of nitrogens with one attached hydrogen (secondary N) is 1. The Morgan fingerprint density at radius 1 is 1.16 bits per heavy atom. The normalized spacial score (nSPS) is 18.1. The van der Waals surface area contributed by atoms with Crippen LogP contribution in [0.15, 0.2) is 81.6 Å². The number of aliphatic imine (C=N–C) groups is 1. The van der Waals surface area contributed by atoms with Gasteiger partial charge in [0, 0.05) is 44.4 Å². The number of hydrogen-bond acceptors (Lipinski definition) is 9. The van der Waals surface area contributed by atoms with E-state index >= 15 is 0 Å². The lowest BCUT2D eigenvalue weighted by atomic mass is 10.0. The number of ether oxygens (including phenoxy) is 1. The fourth-order valence-corrected chi connectivity index (χ4v) is 7.65. The quantitative estimate of drug-likeness (QED) is 0.341. The van der Waals surface area contributed by atoms with Gasteiger partial charge in [0.25, 0.3) is 0 Å². The van der Waals surface area contributed by atoms with Crippen LogP contribution in [0.3, 0.4) is 0 Å². The Labute approximate surface area is 257 Å². The molecule has 1 aromatic carbocycles. The van der Waals surface area contributed by atoms with Crippen molar-refractivity contribution in [1.29, 1.82) is 0 Å². The van der Waals surface area contributed by atoms with E-state index in [1.54, 1.807) is 17.8 Å². The summed E-state index contributed by atoms with van der Waals surface area (Å²) in [5.41, 5.74) is 4.24. The fraction of sp³-hybridized carbons (Fsp3) is 0.452. The number of amides is 1. The maximum atomic E-state index is 14.0. The number of benzene rings is 1. The topological polar surface area (TPSA) is 124 Å². The number of likely N-dealkylation sites (tertiary alicyclic amines) is 1. The molecule has 0 bridgehead atoms. The molecule has 5 rings (SSSR count). The molecule has 2 unspecified atom stereocenters. The van der Waals surface area contributed by atoms with Crippen molar-refractivity contribution in [2.75, 3.05) is 26.2 Å². The molecule has 0 spiro atoms. The van der Waals surface area contributed by atoms with Gasteiger partial charge in [0.2, 0.25) is 10.0 Å². The van der Waals surface area contributed by atoms with Gasteiger partial charge in [-0.2, -0.15) is 4.31 Å². The molecule has 10 nitrogen and oxygen atoms in total. The van der Waals surface area contributed by atoms with E-state index in [1.165, 1.54) is 15.6 Å². The summed E-state index contributed by atoms with van der Waals surface area (Å²) >= 11 is 1.37. The third-order valence-electron chi connectivity index (χ3n) is 7.61. The van der Waals surface area contributed by atoms with Gasteiger partial charge in [-0.05, 0) is 42.9 Å². The minimum absolute atomic E-state index is 0.00873. The first-order valence-electron chi connectivity index (χ1n) is 14.7. The molecule has 1 aromatic heterocycles. The number of aliphatic hydroxyl groups excluding tert-OH is 1. The Bertz CT molecular complexity index is 1490. The van der Waals surface area contributed by atoms with Crippen molar-refractivity contribution >= 4 is 33.2 Å². The molecule has 2 atom stereocenters. The highest BCUT2D eigenvalue weighted by atomic mass is 32.2. The van der Waals surface area contributed by atoms with Crippen LogP contribution >= 0.6 is 11.3 Å². The van der Waals surface area contributed by atoms with Crippen LogP contribution < -0.4 is 5.32 Å². The number of fused-ring (bicyclic) bond motifs is 1. The first-order valence-corrected chi connectivity index (χ1v) is 17.0. The Kier molecular flexibility index (Phi) is 10.1. The number of carbonyl (C=O) groups is 1. The van der Waals surface area contributed by atoms with Crippen LogP contribution in [-0.2, 0) is 27.8 Å². The Hall–Kier alpha value is -3.32. The maximum Gasteiger partial charge on any atom is 0.407 e. The molecule has 3 aliphatic rings. The van der Waals surface area contributed by atoms with E-state index in [1.807, 2.05) is 56.3 Å². The van der Waals surface area contributed by atoms with Crippen molar-refractivity contribution in [2.24, 2.45) is 10.9 Å². The summed E-state index contributed by atoms with van der Waals surface area (Å²) in [6.07, 6.45) is 8.00. The van der Waals surface area contributed by atoms with E-state index in [9.17, 15) is 18.3 Å². The number of hydrogen-bond donors (Lipinski definition) is 2. The minimum Gasteiger partial charge on any atom is -0.444 e. The molecule has 1 amide bonds. The van der Waals surface area contributed by atoms with Gasteiger partial charge in [0.05, 0.1) is 33.2 Å². The lowest BCUT2D eigenvalue weighted by Crippen LogP contribution is -2.51. The monoisotopic (exact) mass is 625 g/mol. The van der Waals surface area contributed by atoms with E-state index in [2.05, 4.69) is 15.2 Å². The zero-order valence-corrected chi connectivity index (χ0v) is 26.2. The average molecular weight is 626 g/mol. The van der Waals surface area contributed by atoms with Crippen LogP contribution in [0.25, 0.3) is 0 Å². The molecule has 1 fully saturated rings. The van der Waals surface area contributed by atoms with Crippen LogP contribution in [0.4, 0.5) is 4.79 Å². The second-order valence-corrected chi connectivity index (χ2v) is 14.4. The van der Waals surface area contributed by atoms with Gasteiger partial charge in [-0.25, -0.2) is 18.2 Å². The van der Waals surface area contributed by atoms with Crippen molar-refractivity contribution in [1.82, 2.24) is 19.5 Å². The maximum absolute atomic E-state index is 14.0. The lowest BCUT2D eigenvalue weighted by molar-refractivity contribution is 0.0877. The SMILES string of the molecule is CC(C)CN(CC(O)C(Cc1ccccc1)NC(=O)OCc1cncs1)S(=O)(=O)C1=CC=C2C=C(N3CCCC3)N=C2C1. The molecule has 2 aromatic rings. The summed E-state index contributed by atoms with van der Waals surface area (Å²) in [5.74, 6) is 0.909. The van der Waals surface area contributed by atoms with Crippen molar-refractivity contribution < 1.29 is 23.1 Å². The molecule has 12 heteroatoms. The van der Waals surface area contributed by atoms with E-state index in [0.29, 0.717) is 6.42 Å². The second kappa shape index (κ2) is 14.0. The van der Waals surface area contributed by atoms with Crippen molar-refractivity contribution in [3.63, 3.8) is 0 Å². The average Bonchev–Trinajstić information content (AvgIpc) is 3.77. The van der Waals surface area contributed by atoms with E-state index in [0.717, 1.165) is 53.5 Å². The summed E-state index contributed by atoms with van der Waals surface area (Å²) in [6.45, 7) is 5.88. The molecule has 3 heterocycles. The van der Waals surface area contributed by atoms with Gasteiger partial charge in [-0.3, -0.25) is 4.98 Å². The summed E-state index contributed by atoms with van der Waals surface area (Å²) in [7, 11) is -3.94. The predicted octanol–water partition coefficient (Wildman–Crippen LogP) is 4.24. The smallest absolute Gasteiger partial charge is 0.407 e. The number of alkyl carbamates (subject to hydrolysis) is 1. The molecule has 2 N–H and O–H groups in total. The van der Waals surface area contributed by atoms with Crippen LogP contribution in [0.1, 0.15) is 43.6 Å². The summed E-state index contributed by atoms with van der Waals surface area (Å²) in [4.78, 5) is 24.8. The first-order chi connectivity index (χ1) is 20.7. The predicted molar refractivity (Wildman–Crippen MR) is 168 cm³/mol. The second-order valence-electron chi connectivity index (χ2n) is 11.5. The molecule has 43 heavy (non-hydrogen) atoms. The van der Waals surface area contributed by atoms with Crippen molar-refractivity contribution in [3.05, 3.63) is 87.0 Å². The number of sulfonamides is 1. The number of aromatic nitrogens is 1. The Balaban J connectivity index is 1.31. The van der Waals surface area contributed by atoms with Gasteiger partial charge in [0.1, 0.15) is 12.4 Å². The van der Waals surface area contributed by atoms with Gasteiger partial charge in [-0.1, -0.05) is 50.3 Å². The van der Waals surface area contributed by atoms with Crippen LogP contribution in [-0.4, -0.2) is 77.8 Å². The highest BCUT2D eigenvalue weighted by molar-refractivity contribution is 7.93. The molecule has 0 radical (unpaired) electrons. The first kappa shape index (κ1) is 31.1. The zero-order valence-electron chi connectivity index (χ0n) is 24.6. The van der Waals surface area contributed by atoms with E-state index in [4.69, 9.17) is 9.73 Å². The van der Waals surface area contributed by atoms with Crippen molar-refractivity contribution in [2.45, 2.75) is 58.3 Å². The largest absolute Gasteiger partial charge is 0.444 e. The van der Waals surface area contributed by atoms with Gasteiger partial charge in [-0.15, -0.1) is 11.3 Å². The number of aliphatic hydroxyl groups is 1. The Morgan fingerprint density at radius 2 is 1.93 bits per heavy atom. The molecule has 230 valence electrons. The Morgan fingerprint density at radius 3 is 2.63 bits per heavy atom. The third kappa shape index (κ3) is 7.99. The lowest BCUT2D eigenvalue weighted by Gasteiger charge is -2.31. The summed E-state index contributed by atoms with van der Waals surface area (Å²) in [5, 5.41) is 14.2. The zero-order chi connectivity index (χ0) is 30.4. The van der Waals surface area contributed by atoms with Gasteiger partial charge < -0.3 is 20.1 Å². The minimum atomic E-state index is -3.94. The summed E-state index contributed by atoms with van der Waals surface area (Å²) < 4.78 is 34.8. The molecular weight excluding hydrogens is 587 g/mol. The molecule has 1 aliphatic carbocycles. The number of allylic oxidation sites excluding steroid dienone is 5. The van der Waals surface area contributed by atoms with Crippen LogP contribution in [0.2, 0.25) is 0 Å². The highest BCUT2D eigenvalue weighted by Gasteiger charge is 2.35. The number of thiazole rings is 1. The molecule has 1 saturated heterocycles. The van der Waals surface area contributed by atoms with Crippen LogP contribution in [0, 0.1) is 5.92 Å². The van der Waals surface area contributed by atoms with Gasteiger partial charge in [0.15, 0.2) is 0 Å². The van der Waals surface area contributed by atoms with Gasteiger partial charge >= 0.3 is 6.09 Å². The molecular formula is C31H39N5O5S2.